The number of piperidine rings is 1. The van der Waals surface area contributed by atoms with Gasteiger partial charge in [-0.1, -0.05) is 30.3 Å². The molecule has 0 bridgehead atoms. The van der Waals surface area contributed by atoms with Crippen molar-refractivity contribution in [1.82, 2.24) is 15.1 Å². The summed E-state index contributed by atoms with van der Waals surface area (Å²) >= 11 is 0. The maximum Gasteiger partial charge on any atom is 0.222 e. The number of hydrogen-bond donors (Lipinski definition) is 1. The molecular weight excluding hydrogens is 369 g/mol. The van der Waals surface area contributed by atoms with Gasteiger partial charge in [0.1, 0.15) is 0 Å². The first kappa shape index (κ1) is 23.2. The van der Waals surface area contributed by atoms with E-state index in [1.165, 1.54) is 18.4 Å². The SMILES string of the molecule is C[C@@H]1CN(Cc2ccccc2)CCN1C(=O)CCC1CCNCC1.Cl.Cl. The number of amides is 1. The van der Waals surface area contributed by atoms with E-state index in [9.17, 15) is 4.79 Å². The maximum atomic E-state index is 12.6. The zero-order chi connectivity index (χ0) is 16.8. The van der Waals surface area contributed by atoms with Crippen molar-refractivity contribution in [3.8, 4) is 0 Å². The molecule has 0 spiro atoms. The minimum absolute atomic E-state index is 0. The lowest BCUT2D eigenvalue weighted by Crippen LogP contribution is -2.53. The molecule has 2 heterocycles. The second-order valence-electron chi connectivity index (χ2n) is 7.39. The van der Waals surface area contributed by atoms with Crippen molar-refractivity contribution in [2.45, 2.75) is 45.2 Å². The lowest BCUT2D eigenvalue weighted by Gasteiger charge is -2.40. The summed E-state index contributed by atoms with van der Waals surface area (Å²) in [4.78, 5) is 17.2. The fourth-order valence-corrected chi connectivity index (χ4v) is 4.03. The van der Waals surface area contributed by atoms with Gasteiger partial charge in [0.2, 0.25) is 5.91 Å². The molecule has 4 nitrogen and oxygen atoms in total. The fourth-order valence-electron chi connectivity index (χ4n) is 4.03. The average molecular weight is 402 g/mol. The molecule has 0 aliphatic carbocycles. The molecule has 0 saturated carbocycles. The van der Waals surface area contributed by atoms with Crippen molar-refractivity contribution < 1.29 is 4.79 Å². The Bertz CT molecular complexity index is 523. The Morgan fingerprint density at radius 3 is 2.46 bits per heavy atom. The molecule has 0 unspecified atom stereocenters. The Hall–Kier alpha value is -0.810. The van der Waals surface area contributed by atoms with Crippen LogP contribution in [0.25, 0.3) is 0 Å². The predicted octanol–water partition coefficient (Wildman–Crippen LogP) is 3.34. The number of piperazine rings is 1. The highest BCUT2D eigenvalue weighted by Gasteiger charge is 2.27. The minimum atomic E-state index is 0. The van der Waals surface area contributed by atoms with Crippen LogP contribution >= 0.6 is 24.8 Å². The number of benzene rings is 1. The highest BCUT2D eigenvalue weighted by Crippen LogP contribution is 2.20. The number of carbonyl (C=O) groups excluding carboxylic acids is 1. The molecule has 1 amide bonds. The number of nitrogens with one attached hydrogen (secondary N) is 1. The Kier molecular flexibility index (Phi) is 10.6. The van der Waals surface area contributed by atoms with E-state index in [-0.39, 0.29) is 24.8 Å². The van der Waals surface area contributed by atoms with Gasteiger partial charge in [0, 0.05) is 38.6 Å². The first-order chi connectivity index (χ1) is 11.7. The molecule has 2 fully saturated rings. The summed E-state index contributed by atoms with van der Waals surface area (Å²) in [5.74, 6) is 1.10. The summed E-state index contributed by atoms with van der Waals surface area (Å²) in [5.41, 5.74) is 1.36. The van der Waals surface area contributed by atoms with Crippen molar-refractivity contribution in [3.63, 3.8) is 0 Å². The third-order valence-electron chi connectivity index (χ3n) is 5.51. The van der Waals surface area contributed by atoms with Gasteiger partial charge in [-0.15, -0.1) is 24.8 Å². The van der Waals surface area contributed by atoms with E-state index in [4.69, 9.17) is 0 Å². The normalized spacial score (nSPS) is 21.6. The average Bonchev–Trinajstić information content (AvgIpc) is 2.61. The van der Waals surface area contributed by atoms with Crippen molar-refractivity contribution in [3.05, 3.63) is 35.9 Å². The predicted molar refractivity (Wildman–Crippen MR) is 112 cm³/mol. The van der Waals surface area contributed by atoms with Crippen LogP contribution in [0.2, 0.25) is 0 Å². The number of nitrogens with zero attached hydrogens (tertiary/aromatic N) is 2. The Labute approximate surface area is 170 Å². The zero-order valence-corrected chi connectivity index (χ0v) is 17.4. The highest BCUT2D eigenvalue weighted by molar-refractivity contribution is 5.85. The molecule has 1 aromatic rings. The number of halogens is 2. The van der Waals surface area contributed by atoms with Gasteiger partial charge in [-0.05, 0) is 50.8 Å². The Morgan fingerprint density at radius 2 is 1.81 bits per heavy atom. The van der Waals surface area contributed by atoms with Gasteiger partial charge in [-0.3, -0.25) is 9.69 Å². The second-order valence-corrected chi connectivity index (χ2v) is 7.39. The monoisotopic (exact) mass is 401 g/mol. The van der Waals surface area contributed by atoms with Crippen LogP contribution < -0.4 is 5.32 Å². The van der Waals surface area contributed by atoms with Crippen LogP contribution in [0.3, 0.4) is 0 Å². The van der Waals surface area contributed by atoms with Crippen molar-refractivity contribution in [2.24, 2.45) is 5.92 Å². The molecule has 1 atom stereocenters. The van der Waals surface area contributed by atoms with E-state index in [2.05, 4.69) is 52.4 Å². The van der Waals surface area contributed by atoms with Crippen molar-refractivity contribution >= 4 is 30.7 Å². The Morgan fingerprint density at radius 1 is 1.12 bits per heavy atom. The molecule has 148 valence electrons. The molecular formula is C20H33Cl2N3O. The van der Waals surface area contributed by atoms with Crippen molar-refractivity contribution in [1.29, 1.82) is 0 Å². The summed E-state index contributed by atoms with van der Waals surface area (Å²) in [6.07, 6.45) is 4.26. The summed E-state index contributed by atoms with van der Waals surface area (Å²) in [6, 6.07) is 10.9. The van der Waals surface area contributed by atoms with Gasteiger partial charge in [-0.2, -0.15) is 0 Å². The Balaban J connectivity index is 0.00000169. The van der Waals surface area contributed by atoms with Gasteiger partial charge in [0.15, 0.2) is 0 Å². The van der Waals surface area contributed by atoms with Gasteiger partial charge < -0.3 is 10.2 Å². The minimum Gasteiger partial charge on any atom is -0.337 e. The number of carbonyl (C=O) groups is 1. The van der Waals surface area contributed by atoms with E-state index in [1.54, 1.807) is 0 Å². The first-order valence-electron chi connectivity index (χ1n) is 9.49. The lowest BCUT2D eigenvalue weighted by molar-refractivity contribution is -0.136. The van der Waals surface area contributed by atoms with Crippen LogP contribution in [-0.4, -0.2) is 54.5 Å². The number of hydrogen-bond acceptors (Lipinski definition) is 3. The van der Waals surface area contributed by atoms with Gasteiger partial charge in [0.25, 0.3) is 0 Å². The van der Waals surface area contributed by atoms with Gasteiger partial charge in [-0.25, -0.2) is 0 Å². The third kappa shape index (κ3) is 6.73. The van der Waals surface area contributed by atoms with E-state index in [0.717, 1.165) is 58.0 Å². The van der Waals surface area contributed by atoms with E-state index in [0.29, 0.717) is 11.9 Å². The lowest BCUT2D eigenvalue weighted by atomic mass is 9.93. The third-order valence-corrected chi connectivity index (χ3v) is 5.51. The van der Waals surface area contributed by atoms with Crippen molar-refractivity contribution in [2.75, 3.05) is 32.7 Å². The van der Waals surface area contributed by atoms with Crippen LogP contribution in [0.1, 0.15) is 38.2 Å². The van der Waals surface area contributed by atoms with Gasteiger partial charge >= 0.3 is 0 Å². The van der Waals surface area contributed by atoms with E-state index < -0.39 is 0 Å². The largest absolute Gasteiger partial charge is 0.337 e. The maximum absolute atomic E-state index is 12.6. The summed E-state index contributed by atoms with van der Waals surface area (Å²) in [5, 5.41) is 3.40. The van der Waals surface area contributed by atoms with Gasteiger partial charge in [0.05, 0.1) is 0 Å². The topological polar surface area (TPSA) is 35.6 Å². The highest BCUT2D eigenvalue weighted by atomic mass is 35.5. The summed E-state index contributed by atoms with van der Waals surface area (Å²) in [7, 11) is 0. The van der Waals surface area contributed by atoms with Crippen LogP contribution in [-0.2, 0) is 11.3 Å². The molecule has 2 saturated heterocycles. The zero-order valence-electron chi connectivity index (χ0n) is 15.7. The fraction of sp³-hybridized carbons (Fsp3) is 0.650. The molecule has 2 aliphatic rings. The summed E-state index contributed by atoms with van der Waals surface area (Å²) in [6.45, 7) is 8.26. The standard InChI is InChI=1S/C20H31N3O.2ClH/c1-17-15-22(16-19-5-3-2-4-6-19)13-14-23(17)20(24)8-7-18-9-11-21-12-10-18;;/h2-6,17-18,21H,7-16H2,1H3;2*1H/t17-;;/m1../s1. The first-order valence-corrected chi connectivity index (χ1v) is 9.49. The van der Waals surface area contributed by atoms with Crippen LogP contribution in [0, 0.1) is 5.92 Å². The second kappa shape index (κ2) is 11.8. The molecule has 6 heteroatoms. The molecule has 2 aliphatic heterocycles. The smallest absolute Gasteiger partial charge is 0.222 e. The number of rotatable bonds is 5. The molecule has 0 radical (unpaired) electrons. The van der Waals surface area contributed by atoms with E-state index >= 15 is 0 Å². The molecule has 1 N–H and O–H groups in total. The van der Waals surface area contributed by atoms with Crippen LogP contribution in [0.4, 0.5) is 0 Å². The molecule has 0 aromatic heterocycles. The van der Waals surface area contributed by atoms with Crippen LogP contribution in [0.5, 0.6) is 0 Å². The van der Waals surface area contributed by atoms with Crippen LogP contribution in [0.15, 0.2) is 30.3 Å². The summed E-state index contributed by atoms with van der Waals surface area (Å²) < 4.78 is 0. The van der Waals surface area contributed by atoms with E-state index in [1.807, 2.05) is 0 Å². The molecule has 3 rings (SSSR count). The molecule has 1 aromatic carbocycles. The quantitative estimate of drug-likeness (QED) is 0.821. The molecule has 26 heavy (non-hydrogen) atoms.